The third-order valence-corrected chi connectivity index (χ3v) is 6.05. The number of hydrogen-bond acceptors (Lipinski definition) is 2. The van der Waals surface area contributed by atoms with E-state index in [-0.39, 0.29) is 17.4 Å². The van der Waals surface area contributed by atoms with Crippen LogP contribution in [0.15, 0.2) is 18.2 Å². The van der Waals surface area contributed by atoms with E-state index in [2.05, 4.69) is 32.9 Å². The minimum Gasteiger partial charge on any atom is -0.508 e. The zero-order valence-electron chi connectivity index (χ0n) is 16.6. The van der Waals surface area contributed by atoms with Gasteiger partial charge in [-0.2, -0.15) is 0 Å². The largest absolute Gasteiger partial charge is 0.508 e. The van der Waals surface area contributed by atoms with Crippen molar-refractivity contribution in [3.05, 3.63) is 29.3 Å². The zero-order valence-corrected chi connectivity index (χ0v) is 16.6. The quantitative estimate of drug-likeness (QED) is 0.558. The second-order valence-electron chi connectivity index (χ2n) is 8.69. The molecular formula is C23H38O2. The molecule has 2 rings (SSSR count). The standard InChI is InChI=1S/C23H38O2/c1-4-5-6-10-15-23(2,3)19-13-14-21(22(25)17-19)18-11-8-7-9-12-20(24)16-18/h13-14,17-18,20,24-25H,4-12,15-16H2,1-3H3/t18-,20+/m0/s1. The van der Waals surface area contributed by atoms with E-state index < -0.39 is 0 Å². The lowest BCUT2D eigenvalue weighted by Gasteiger charge is -2.28. The summed E-state index contributed by atoms with van der Waals surface area (Å²) < 4.78 is 0. The highest BCUT2D eigenvalue weighted by Gasteiger charge is 2.24. The minimum atomic E-state index is -0.223. The van der Waals surface area contributed by atoms with Crippen molar-refractivity contribution < 1.29 is 10.2 Å². The number of rotatable bonds is 7. The lowest BCUT2D eigenvalue weighted by Crippen LogP contribution is -2.18. The predicted molar refractivity (Wildman–Crippen MR) is 106 cm³/mol. The SMILES string of the molecule is CCCCCCC(C)(C)c1ccc([C@H]2CCCCC[C@@H](O)C2)c(O)c1. The molecule has 0 aromatic heterocycles. The number of unbranched alkanes of at least 4 members (excludes halogenated alkanes) is 3. The number of hydrogen-bond donors (Lipinski definition) is 2. The monoisotopic (exact) mass is 346 g/mol. The Morgan fingerprint density at radius 2 is 1.80 bits per heavy atom. The molecule has 2 N–H and O–H groups in total. The van der Waals surface area contributed by atoms with Gasteiger partial charge >= 0.3 is 0 Å². The summed E-state index contributed by atoms with van der Waals surface area (Å²) in [4.78, 5) is 0. The second-order valence-corrected chi connectivity index (χ2v) is 8.69. The summed E-state index contributed by atoms with van der Waals surface area (Å²) in [7, 11) is 0. The first-order valence-corrected chi connectivity index (χ1v) is 10.5. The summed E-state index contributed by atoms with van der Waals surface area (Å²) in [5.41, 5.74) is 2.37. The summed E-state index contributed by atoms with van der Waals surface area (Å²) >= 11 is 0. The summed E-state index contributed by atoms with van der Waals surface area (Å²) in [6, 6.07) is 6.32. The van der Waals surface area contributed by atoms with Gasteiger partial charge in [-0.15, -0.1) is 0 Å². The van der Waals surface area contributed by atoms with Crippen LogP contribution in [0.4, 0.5) is 0 Å². The third kappa shape index (κ3) is 6.02. The van der Waals surface area contributed by atoms with E-state index >= 15 is 0 Å². The second kappa shape index (κ2) is 9.62. The van der Waals surface area contributed by atoms with Gasteiger partial charge in [-0.1, -0.05) is 77.8 Å². The Bertz CT molecular complexity index is 521. The molecule has 2 atom stereocenters. The maximum absolute atomic E-state index is 10.7. The van der Waals surface area contributed by atoms with Crippen molar-refractivity contribution in [2.75, 3.05) is 0 Å². The first kappa shape index (κ1) is 20.3. The van der Waals surface area contributed by atoms with Crippen molar-refractivity contribution in [1.82, 2.24) is 0 Å². The van der Waals surface area contributed by atoms with Crippen LogP contribution in [-0.2, 0) is 5.41 Å². The van der Waals surface area contributed by atoms with Gasteiger partial charge in [-0.25, -0.2) is 0 Å². The molecule has 1 aromatic carbocycles. The van der Waals surface area contributed by atoms with E-state index in [1.165, 1.54) is 44.1 Å². The van der Waals surface area contributed by atoms with Crippen molar-refractivity contribution in [2.45, 2.75) is 109 Å². The molecule has 0 amide bonds. The minimum absolute atomic E-state index is 0.101. The van der Waals surface area contributed by atoms with Gasteiger partial charge < -0.3 is 10.2 Å². The average Bonchev–Trinajstić information content (AvgIpc) is 2.55. The number of benzene rings is 1. The van der Waals surface area contributed by atoms with Gasteiger partial charge in [-0.3, -0.25) is 0 Å². The van der Waals surface area contributed by atoms with E-state index in [1.54, 1.807) is 0 Å². The van der Waals surface area contributed by atoms with Crippen molar-refractivity contribution in [1.29, 1.82) is 0 Å². The van der Waals surface area contributed by atoms with Crippen molar-refractivity contribution >= 4 is 0 Å². The normalized spacial score (nSPS) is 22.4. The molecule has 1 aliphatic rings. The van der Waals surface area contributed by atoms with Gasteiger partial charge in [-0.05, 0) is 54.2 Å². The average molecular weight is 347 g/mol. The summed E-state index contributed by atoms with van der Waals surface area (Å²) in [6.07, 6.45) is 12.3. The number of phenolic OH excluding ortho intramolecular Hbond substituents is 1. The van der Waals surface area contributed by atoms with Crippen LogP contribution >= 0.6 is 0 Å². The van der Waals surface area contributed by atoms with Crippen LogP contribution in [0.3, 0.4) is 0 Å². The molecule has 25 heavy (non-hydrogen) atoms. The van der Waals surface area contributed by atoms with E-state index in [4.69, 9.17) is 0 Å². The summed E-state index contributed by atoms with van der Waals surface area (Å²) in [6.45, 7) is 6.81. The highest BCUT2D eigenvalue weighted by atomic mass is 16.3. The Morgan fingerprint density at radius 1 is 1.04 bits per heavy atom. The van der Waals surface area contributed by atoms with E-state index in [0.717, 1.165) is 37.7 Å². The van der Waals surface area contributed by atoms with Crippen LogP contribution in [0.5, 0.6) is 5.75 Å². The highest BCUT2D eigenvalue weighted by molar-refractivity contribution is 5.41. The van der Waals surface area contributed by atoms with Crippen molar-refractivity contribution in [3.63, 3.8) is 0 Å². The molecule has 0 bridgehead atoms. The lowest BCUT2D eigenvalue weighted by atomic mass is 9.78. The summed E-state index contributed by atoms with van der Waals surface area (Å²) in [5.74, 6) is 0.717. The molecule has 0 unspecified atom stereocenters. The molecular weight excluding hydrogens is 308 g/mol. The number of aromatic hydroxyl groups is 1. The van der Waals surface area contributed by atoms with Crippen LogP contribution in [0.2, 0.25) is 0 Å². The fourth-order valence-corrected chi connectivity index (χ4v) is 4.24. The molecule has 0 spiro atoms. The van der Waals surface area contributed by atoms with E-state index in [9.17, 15) is 10.2 Å². The van der Waals surface area contributed by atoms with Gasteiger partial charge in [0.2, 0.25) is 0 Å². The highest BCUT2D eigenvalue weighted by Crippen LogP contribution is 2.39. The van der Waals surface area contributed by atoms with Crippen LogP contribution < -0.4 is 0 Å². The Labute approximate surface area is 154 Å². The van der Waals surface area contributed by atoms with Gasteiger partial charge in [0.1, 0.15) is 5.75 Å². The van der Waals surface area contributed by atoms with E-state index in [1.807, 2.05) is 6.07 Å². The molecule has 1 saturated carbocycles. The van der Waals surface area contributed by atoms with Crippen molar-refractivity contribution in [3.8, 4) is 5.75 Å². The molecule has 142 valence electrons. The smallest absolute Gasteiger partial charge is 0.119 e. The molecule has 1 fully saturated rings. The molecule has 0 saturated heterocycles. The van der Waals surface area contributed by atoms with Gasteiger partial charge in [0.25, 0.3) is 0 Å². The van der Waals surface area contributed by atoms with Crippen LogP contribution in [-0.4, -0.2) is 16.3 Å². The van der Waals surface area contributed by atoms with Gasteiger partial charge in [0, 0.05) is 0 Å². The Morgan fingerprint density at radius 3 is 2.52 bits per heavy atom. The number of aliphatic hydroxyl groups excluding tert-OH is 1. The Kier molecular flexibility index (Phi) is 7.81. The molecule has 1 aliphatic carbocycles. The predicted octanol–water partition coefficient (Wildman–Crippen LogP) is 6.44. The zero-order chi connectivity index (χ0) is 18.3. The maximum Gasteiger partial charge on any atom is 0.119 e. The van der Waals surface area contributed by atoms with E-state index in [0.29, 0.717) is 5.75 Å². The van der Waals surface area contributed by atoms with Crippen LogP contribution in [0, 0.1) is 0 Å². The first-order chi connectivity index (χ1) is 11.9. The van der Waals surface area contributed by atoms with Crippen LogP contribution in [0.25, 0.3) is 0 Å². The molecule has 1 aromatic rings. The molecule has 2 nitrogen and oxygen atoms in total. The number of aliphatic hydroxyl groups is 1. The first-order valence-electron chi connectivity index (χ1n) is 10.5. The fourth-order valence-electron chi connectivity index (χ4n) is 4.24. The molecule has 0 radical (unpaired) electrons. The maximum atomic E-state index is 10.7. The Hall–Kier alpha value is -1.02. The van der Waals surface area contributed by atoms with Gasteiger partial charge in [0.05, 0.1) is 6.10 Å². The topological polar surface area (TPSA) is 40.5 Å². The molecule has 0 heterocycles. The Balaban J connectivity index is 2.08. The summed E-state index contributed by atoms with van der Waals surface area (Å²) in [5, 5.41) is 20.9. The fraction of sp³-hybridized carbons (Fsp3) is 0.739. The van der Waals surface area contributed by atoms with Gasteiger partial charge in [0.15, 0.2) is 0 Å². The number of phenols is 1. The van der Waals surface area contributed by atoms with Crippen molar-refractivity contribution in [2.24, 2.45) is 0 Å². The molecule has 2 heteroatoms. The lowest BCUT2D eigenvalue weighted by molar-refractivity contribution is 0.133. The van der Waals surface area contributed by atoms with Crippen LogP contribution in [0.1, 0.15) is 108 Å². The third-order valence-electron chi connectivity index (χ3n) is 6.05. The molecule has 0 aliphatic heterocycles.